The Kier molecular flexibility index (Phi) is 4.01. The number of rotatable bonds is 3. The molecule has 0 aromatic rings. The summed E-state index contributed by atoms with van der Waals surface area (Å²) >= 11 is 0. The molecule has 0 bridgehead atoms. The van der Waals surface area contributed by atoms with E-state index >= 15 is 0 Å². The molecule has 1 aliphatic heterocycles. The predicted molar refractivity (Wildman–Crippen MR) is 67.0 cm³/mol. The van der Waals surface area contributed by atoms with E-state index < -0.39 is 11.9 Å². The summed E-state index contributed by atoms with van der Waals surface area (Å²) < 4.78 is 0. The summed E-state index contributed by atoms with van der Waals surface area (Å²) in [6.45, 7) is 2.95. The van der Waals surface area contributed by atoms with Crippen LogP contribution in [-0.4, -0.2) is 35.6 Å². The molecular weight excluding hydrogens is 232 g/mol. The van der Waals surface area contributed by atoms with Gasteiger partial charge in [-0.1, -0.05) is 19.1 Å². The molecule has 0 radical (unpaired) electrons. The van der Waals surface area contributed by atoms with Crippen LogP contribution in [0.5, 0.6) is 0 Å². The van der Waals surface area contributed by atoms with Gasteiger partial charge in [-0.3, -0.25) is 9.59 Å². The van der Waals surface area contributed by atoms with Crippen molar-refractivity contribution in [2.24, 2.45) is 11.8 Å². The number of hydrogen-bond donors (Lipinski definition) is 3. The van der Waals surface area contributed by atoms with E-state index in [9.17, 15) is 9.59 Å². The first-order valence-corrected chi connectivity index (χ1v) is 6.53. The fourth-order valence-electron chi connectivity index (χ4n) is 2.66. The fraction of sp³-hybridized carbons (Fsp3) is 0.692. The first-order valence-electron chi connectivity index (χ1n) is 6.53. The molecule has 2 rings (SSSR count). The van der Waals surface area contributed by atoms with Crippen molar-refractivity contribution in [1.29, 1.82) is 0 Å². The SMILES string of the molecule is CC1CCCNC1C(=O)NC1C=CC(C(=O)O)C1. The van der Waals surface area contributed by atoms with Crippen LogP contribution in [0.15, 0.2) is 12.2 Å². The fourth-order valence-corrected chi connectivity index (χ4v) is 2.66. The summed E-state index contributed by atoms with van der Waals surface area (Å²) in [5, 5.41) is 15.0. The molecule has 0 aromatic carbocycles. The lowest BCUT2D eigenvalue weighted by atomic mass is 9.92. The van der Waals surface area contributed by atoms with E-state index in [-0.39, 0.29) is 18.0 Å². The molecule has 3 N–H and O–H groups in total. The van der Waals surface area contributed by atoms with E-state index in [1.165, 1.54) is 0 Å². The number of nitrogens with one attached hydrogen (secondary N) is 2. The van der Waals surface area contributed by atoms with Crippen LogP contribution in [0.4, 0.5) is 0 Å². The molecule has 1 heterocycles. The van der Waals surface area contributed by atoms with E-state index in [1.807, 2.05) is 0 Å². The average Bonchev–Trinajstić information content (AvgIpc) is 2.78. The van der Waals surface area contributed by atoms with E-state index in [0.29, 0.717) is 12.3 Å². The number of carboxylic acids is 1. The average molecular weight is 252 g/mol. The van der Waals surface area contributed by atoms with Gasteiger partial charge in [-0.15, -0.1) is 0 Å². The molecule has 1 amide bonds. The standard InChI is InChI=1S/C13H20N2O3/c1-8-3-2-6-14-11(8)12(16)15-10-5-4-9(7-10)13(17)18/h4-5,8-11,14H,2-3,6-7H2,1H3,(H,15,16)(H,17,18). The molecule has 4 atom stereocenters. The number of piperidine rings is 1. The van der Waals surface area contributed by atoms with Crippen LogP contribution in [0.25, 0.3) is 0 Å². The van der Waals surface area contributed by atoms with E-state index in [1.54, 1.807) is 12.2 Å². The number of amides is 1. The van der Waals surface area contributed by atoms with Crippen LogP contribution in [0.2, 0.25) is 0 Å². The van der Waals surface area contributed by atoms with Gasteiger partial charge in [0.15, 0.2) is 0 Å². The van der Waals surface area contributed by atoms with Gasteiger partial charge in [-0.2, -0.15) is 0 Å². The van der Waals surface area contributed by atoms with Gasteiger partial charge in [0.2, 0.25) is 5.91 Å². The van der Waals surface area contributed by atoms with Gasteiger partial charge in [-0.25, -0.2) is 0 Å². The highest BCUT2D eigenvalue weighted by Crippen LogP contribution is 2.20. The second-order valence-electron chi connectivity index (χ2n) is 5.23. The third kappa shape index (κ3) is 2.90. The summed E-state index contributed by atoms with van der Waals surface area (Å²) in [5.74, 6) is -0.971. The third-order valence-electron chi connectivity index (χ3n) is 3.78. The number of carbonyl (C=O) groups excluding carboxylic acids is 1. The maximum Gasteiger partial charge on any atom is 0.310 e. The minimum atomic E-state index is -0.827. The zero-order valence-electron chi connectivity index (χ0n) is 10.6. The van der Waals surface area contributed by atoms with Crippen LogP contribution < -0.4 is 10.6 Å². The molecule has 100 valence electrons. The zero-order chi connectivity index (χ0) is 13.1. The lowest BCUT2D eigenvalue weighted by Crippen LogP contribution is -2.52. The highest BCUT2D eigenvalue weighted by atomic mass is 16.4. The highest BCUT2D eigenvalue weighted by Gasteiger charge is 2.31. The Balaban J connectivity index is 1.85. The van der Waals surface area contributed by atoms with Crippen LogP contribution in [-0.2, 0) is 9.59 Å². The van der Waals surface area contributed by atoms with Crippen molar-refractivity contribution in [2.75, 3.05) is 6.54 Å². The zero-order valence-corrected chi connectivity index (χ0v) is 10.6. The maximum atomic E-state index is 12.1. The Hall–Kier alpha value is -1.36. The lowest BCUT2D eigenvalue weighted by Gasteiger charge is -2.29. The molecule has 18 heavy (non-hydrogen) atoms. The minimum Gasteiger partial charge on any atom is -0.481 e. The monoisotopic (exact) mass is 252 g/mol. The number of hydrogen-bond acceptors (Lipinski definition) is 3. The molecule has 0 spiro atoms. The van der Waals surface area contributed by atoms with Gasteiger partial charge < -0.3 is 15.7 Å². The van der Waals surface area contributed by atoms with Gasteiger partial charge in [0, 0.05) is 6.04 Å². The van der Waals surface area contributed by atoms with Crippen molar-refractivity contribution in [2.45, 2.75) is 38.3 Å². The summed E-state index contributed by atoms with van der Waals surface area (Å²) in [6.07, 6.45) is 6.07. The molecule has 5 heteroatoms. The van der Waals surface area contributed by atoms with Crippen molar-refractivity contribution in [3.63, 3.8) is 0 Å². The second-order valence-corrected chi connectivity index (χ2v) is 5.23. The Labute approximate surface area is 107 Å². The molecule has 5 nitrogen and oxygen atoms in total. The van der Waals surface area contributed by atoms with Gasteiger partial charge in [0.1, 0.15) is 0 Å². The van der Waals surface area contributed by atoms with E-state index in [4.69, 9.17) is 5.11 Å². The molecule has 0 aromatic heterocycles. The van der Waals surface area contributed by atoms with Crippen LogP contribution in [0.1, 0.15) is 26.2 Å². The van der Waals surface area contributed by atoms with E-state index in [0.717, 1.165) is 19.4 Å². The predicted octanol–water partition coefficient (Wildman–Crippen LogP) is 0.520. The minimum absolute atomic E-state index is 0.0112. The summed E-state index contributed by atoms with van der Waals surface area (Å²) in [7, 11) is 0. The quantitative estimate of drug-likeness (QED) is 0.640. The Morgan fingerprint density at radius 2 is 2.17 bits per heavy atom. The van der Waals surface area contributed by atoms with Gasteiger partial charge >= 0.3 is 5.97 Å². The molecule has 0 saturated carbocycles. The van der Waals surface area contributed by atoms with Crippen molar-refractivity contribution in [1.82, 2.24) is 10.6 Å². The lowest BCUT2D eigenvalue weighted by molar-refractivity contribution is -0.140. The second kappa shape index (κ2) is 5.52. The normalized spacial score (nSPS) is 35.4. The summed E-state index contributed by atoms with van der Waals surface area (Å²) in [6, 6.07) is -0.287. The Bertz CT molecular complexity index is 367. The third-order valence-corrected chi connectivity index (χ3v) is 3.78. The van der Waals surface area contributed by atoms with Crippen molar-refractivity contribution in [3.8, 4) is 0 Å². The highest BCUT2D eigenvalue weighted by molar-refractivity contribution is 5.83. The molecular formula is C13H20N2O3. The van der Waals surface area contributed by atoms with Crippen molar-refractivity contribution in [3.05, 3.63) is 12.2 Å². The van der Waals surface area contributed by atoms with Crippen LogP contribution in [0.3, 0.4) is 0 Å². The number of carbonyl (C=O) groups is 2. The van der Waals surface area contributed by atoms with E-state index in [2.05, 4.69) is 17.6 Å². The molecule has 2 aliphatic rings. The van der Waals surface area contributed by atoms with Crippen LogP contribution in [0, 0.1) is 11.8 Å². The van der Waals surface area contributed by atoms with Gasteiger partial charge in [0.05, 0.1) is 12.0 Å². The molecule has 4 unspecified atom stereocenters. The molecule has 1 aliphatic carbocycles. The molecule has 1 fully saturated rings. The Morgan fingerprint density at radius 1 is 1.39 bits per heavy atom. The first-order chi connectivity index (χ1) is 8.58. The van der Waals surface area contributed by atoms with Crippen LogP contribution >= 0.6 is 0 Å². The molecule has 1 saturated heterocycles. The van der Waals surface area contributed by atoms with Crippen molar-refractivity contribution >= 4 is 11.9 Å². The Morgan fingerprint density at radius 3 is 2.78 bits per heavy atom. The topological polar surface area (TPSA) is 78.4 Å². The van der Waals surface area contributed by atoms with Crippen molar-refractivity contribution < 1.29 is 14.7 Å². The largest absolute Gasteiger partial charge is 0.481 e. The smallest absolute Gasteiger partial charge is 0.310 e. The summed E-state index contributed by atoms with van der Waals surface area (Å²) in [5.41, 5.74) is 0. The van der Waals surface area contributed by atoms with Gasteiger partial charge in [0.25, 0.3) is 0 Å². The first kappa shape index (κ1) is 13.1. The maximum absolute atomic E-state index is 12.1. The number of carboxylic acid groups (broad SMARTS) is 1. The summed E-state index contributed by atoms with van der Waals surface area (Å²) in [4.78, 5) is 22.9. The van der Waals surface area contributed by atoms with Gasteiger partial charge in [-0.05, 0) is 31.7 Å². The number of aliphatic carboxylic acids is 1.